The molecule has 2 N–H and O–H groups in total. The summed E-state index contributed by atoms with van der Waals surface area (Å²) in [5.74, 6) is -0.595. The first-order valence-corrected chi connectivity index (χ1v) is 11.4. The van der Waals surface area contributed by atoms with E-state index >= 15 is 0 Å². The van der Waals surface area contributed by atoms with Gasteiger partial charge in [0, 0.05) is 24.0 Å². The molecular formula is C24H24N4O3S. The molecule has 164 valence electrons. The van der Waals surface area contributed by atoms with Gasteiger partial charge in [0.2, 0.25) is 5.91 Å². The zero-order valence-electron chi connectivity index (χ0n) is 17.5. The average molecular weight is 449 g/mol. The van der Waals surface area contributed by atoms with Crippen LogP contribution >= 0.6 is 11.3 Å². The van der Waals surface area contributed by atoms with Crippen LogP contribution in [0.15, 0.2) is 66.2 Å². The molecule has 1 aliphatic heterocycles. The van der Waals surface area contributed by atoms with Crippen molar-refractivity contribution in [3.63, 3.8) is 0 Å². The van der Waals surface area contributed by atoms with Crippen molar-refractivity contribution in [3.8, 4) is 0 Å². The van der Waals surface area contributed by atoms with E-state index in [4.69, 9.17) is 0 Å². The third-order valence-corrected chi connectivity index (χ3v) is 6.20. The summed E-state index contributed by atoms with van der Waals surface area (Å²) >= 11 is 1.38. The minimum absolute atomic E-state index is 0.109. The number of nitrogens with zero attached hydrogens (tertiary/aromatic N) is 2. The third-order valence-electron chi connectivity index (χ3n) is 5.35. The van der Waals surface area contributed by atoms with Crippen LogP contribution in [0.3, 0.4) is 0 Å². The highest BCUT2D eigenvalue weighted by Gasteiger charge is 2.33. The van der Waals surface area contributed by atoms with Crippen LogP contribution in [0.5, 0.6) is 0 Å². The highest BCUT2D eigenvalue weighted by molar-refractivity contribution is 7.12. The predicted molar refractivity (Wildman–Crippen MR) is 123 cm³/mol. The van der Waals surface area contributed by atoms with Crippen molar-refractivity contribution >= 4 is 34.7 Å². The van der Waals surface area contributed by atoms with Gasteiger partial charge in [-0.3, -0.25) is 19.4 Å². The van der Waals surface area contributed by atoms with Crippen molar-refractivity contribution in [2.75, 3.05) is 11.9 Å². The zero-order chi connectivity index (χ0) is 22.3. The zero-order valence-corrected chi connectivity index (χ0v) is 18.3. The first-order chi connectivity index (χ1) is 15.6. The van der Waals surface area contributed by atoms with Crippen molar-refractivity contribution in [3.05, 3.63) is 82.3 Å². The Morgan fingerprint density at radius 3 is 2.75 bits per heavy atom. The summed E-state index contributed by atoms with van der Waals surface area (Å²) in [5, 5.41) is 7.58. The van der Waals surface area contributed by atoms with Gasteiger partial charge in [0.15, 0.2) is 0 Å². The average Bonchev–Trinajstić information content (AvgIpc) is 3.38. The van der Waals surface area contributed by atoms with E-state index in [0.29, 0.717) is 35.6 Å². The number of pyridine rings is 1. The lowest BCUT2D eigenvalue weighted by molar-refractivity contribution is -0.121. The van der Waals surface area contributed by atoms with Gasteiger partial charge in [0.05, 0.1) is 17.1 Å². The number of nitrogens with one attached hydrogen (secondary N) is 2. The molecular weight excluding hydrogens is 424 g/mol. The maximum Gasteiger partial charge on any atom is 0.264 e. The lowest BCUT2D eigenvalue weighted by Crippen LogP contribution is -2.49. The molecule has 8 heteroatoms. The number of amides is 3. The number of anilines is 1. The lowest BCUT2D eigenvalue weighted by Gasteiger charge is -2.34. The maximum atomic E-state index is 13.0. The summed E-state index contributed by atoms with van der Waals surface area (Å²) in [7, 11) is 0. The van der Waals surface area contributed by atoms with Gasteiger partial charge in [0.25, 0.3) is 11.8 Å². The van der Waals surface area contributed by atoms with Gasteiger partial charge in [-0.15, -0.1) is 11.3 Å². The van der Waals surface area contributed by atoms with E-state index in [1.54, 1.807) is 41.4 Å². The Morgan fingerprint density at radius 2 is 1.97 bits per heavy atom. The molecule has 1 saturated heterocycles. The van der Waals surface area contributed by atoms with E-state index in [1.165, 1.54) is 11.3 Å². The van der Waals surface area contributed by atoms with E-state index in [0.717, 1.165) is 18.5 Å². The molecule has 0 spiro atoms. The van der Waals surface area contributed by atoms with Crippen molar-refractivity contribution < 1.29 is 14.4 Å². The number of hydrogen-bond acceptors (Lipinski definition) is 5. The molecule has 0 bridgehead atoms. The van der Waals surface area contributed by atoms with Crippen LogP contribution in [0.25, 0.3) is 0 Å². The van der Waals surface area contributed by atoms with E-state index in [9.17, 15) is 14.4 Å². The summed E-state index contributed by atoms with van der Waals surface area (Å²) in [4.78, 5) is 44.9. The van der Waals surface area contributed by atoms with Gasteiger partial charge in [-0.25, -0.2) is 0 Å². The molecule has 1 atom stereocenters. The molecule has 3 aromatic rings. The fraction of sp³-hybridized carbons (Fsp3) is 0.250. The Kier molecular flexibility index (Phi) is 6.91. The Morgan fingerprint density at radius 1 is 1.06 bits per heavy atom. The third kappa shape index (κ3) is 5.20. The monoisotopic (exact) mass is 448 g/mol. The van der Waals surface area contributed by atoms with E-state index in [-0.39, 0.29) is 17.7 Å². The first kappa shape index (κ1) is 21.7. The number of thiophene rings is 1. The molecule has 4 rings (SSSR count). The standard InChI is InChI=1S/C24H24N4O3S/c29-22(26-16-19-8-1-3-12-25-19)17-7-5-9-18(15-17)27-23(30)20-10-2-4-13-28(20)24(31)21-11-6-14-32-21/h1,3,5-9,11-12,14-15,20H,2,4,10,13,16H2,(H,26,29)(H,27,30). The Hall–Kier alpha value is -3.52. The molecule has 1 aromatic carbocycles. The number of benzene rings is 1. The molecule has 1 fully saturated rings. The van der Waals surface area contributed by atoms with Crippen LogP contribution in [0, 0.1) is 0 Å². The second-order valence-corrected chi connectivity index (χ2v) is 8.51. The molecule has 2 aromatic heterocycles. The van der Waals surface area contributed by atoms with E-state index in [1.807, 2.05) is 29.6 Å². The van der Waals surface area contributed by atoms with E-state index < -0.39 is 6.04 Å². The highest BCUT2D eigenvalue weighted by atomic mass is 32.1. The maximum absolute atomic E-state index is 13.0. The molecule has 0 radical (unpaired) electrons. The molecule has 0 saturated carbocycles. The van der Waals surface area contributed by atoms with Crippen LogP contribution < -0.4 is 10.6 Å². The number of carbonyl (C=O) groups excluding carboxylic acids is 3. The largest absolute Gasteiger partial charge is 0.346 e. The number of aromatic nitrogens is 1. The summed E-state index contributed by atoms with van der Waals surface area (Å²) in [6.07, 6.45) is 4.07. The molecule has 32 heavy (non-hydrogen) atoms. The van der Waals surface area contributed by atoms with Gasteiger partial charge >= 0.3 is 0 Å². The summed E-state index contributed by atoms with van der Waals surface area (Å²) in [6.45, 7) is 0.878. The summed E-state index contributed by atoms with van der Waals surface area (Å²) < 4.78 is 0. The topological polar surface area (TPSA) is 91.4 Å². The molecule has 1 unspecified atom stereocenters. The number of rotatable bonds is 6. The van der Waals surface area contributed by atoms with Crippen molar-refractivity contribution in [2.45, 2.75) is 31.8 Å². The van der Waals surface area contributed by atoms with Crippen LogP contribution in [0.4, 0.5) is 5.69 Å². The summed E-state index contributed by atoms with van der Waals surface area (Å²) in [5.41, 5.74) is 1.72. The van der Waals surface area contributed by atoms with Crippen molar-refractivity contribution in [2.24, 2.45) is 0 Å². The number of carbonyl (C=O) groups is 3. The minimum Gasteiger partial charge on any atom is -0.346 e. The molecule has 3 amide bonds. The predicted octanol–water partition coefficient (Wildman–Crippen LogP) is 3.71. The van der Waals surface area contributed by atoms with Gasteiger partial charge in [-0.1, -0.05) is 18.2 Å². The second-order valence-electron chi connectivity index (χ2n) is 7.56. The Bertz CT molecular complexity index is 1090. The summed E-state index contributed by atoms with van der Waals surface area (Å²) in [6, 6.07) is 15.4. The molecule has 7 nitrogen and oxygen atoms in total. The number of piperidine rings is 1. The van der Waals surface area contributed by atoms with E-state index in [2.05, 4.69) is 15.6 Å². The van der Waals surface area contributed by atoms with Gasteiger partial charge < -0.3 is 15.5 Å². The molecule has 0 aliphatic carbocycles. The van der Waals surface area contributed by atoms with Crippen molar-refractivity contribution in [1.82, 2.24) is 15.2 Å². The fourth-order valence-corrected chi connectivity index (χ4v) is 4.41. The fourth-order valence-electron chi connectivity index (χ4n) is 3.73. The van der Waals surface area contributed by atoms with Gasteiger partial charge in [0.1, 0.15) is 6.04 Å². The Labute approximate surface area is 190 Å². The quantitative estimate of drug-likeness (QED) is 0.601. The van der Waals surface area contributed by atoms with Gasteiger partial charge in [-0.05, 0) is 61.0 Å². The first-order valence-electron chi connectivity index (χ1n) is 10.6. The SMILES string of the molecule is O=C(NCc1ccccn1)c1cccc(NC(=O)C2CCCCN2C(=O)c2cccs2)c1. The van der Waals surface area contributed by atoms with Crippen LogP contribution in [-0.4, -0.2) is 40.2 Å². The van der Waals surface area contributed by atoms with Crippen LogP contribution in [0.1, 0.15) is 45.0 Å². The van der Waals surface area contributed by atoms with Crippen molar-refractivity contribution in [1.29, 1.82) is 0 Å². The number of likely N-dealkylation sites (tertiary alicyclic amines) is 1. The van der Waals surface area contributed by atoms with Crippen LogP contribution in [0.2, 0.25) is 0 Å². The normalized spacial score (nSPS) is 15.8. The smallest absolute Gasteiger partial charge is 0.264 e. The molecule has 3 heterocycles. The van der Waals surface area contributed by atoms with Gasteiger partial charge in [-0.2, -0.15) is 0 Å². The lowest BCUT2D eigenvalue weighted by atomic mass is 10.0. The molecule has 1 aliphatic rings. The highest BCUT2D eigenvalue weighted by Crippen LogP contribution is 2.23. The number of hydrogen-bond donors (Lipinski definition) is 2. The Balaban J connectivity index is 1.41. The minimum atomic E-state index is -0.528. The van der Waals surface area contributed by atoms with Crippen LogP contribution in [-0.2, 0) is 11.3 Å². The second kappa shape index (κ2) is 10.2.